The van der Waals surface area contributed by atoms with Gasteiger partial charge in [0.1, 0.15) is 5.75 Å². The predicted octanol–water partition coefficient (Wildman–Crippen LogP) is 3.66. The van der Waals surface area contributed by atoms with Gasteiger partial charge < -0.3 is 24.8 Å². The highest BCUT2D eigenvalue weighted by Crippen LogP contribution is 2.25. The van der Waals surface area contributed by atoms with Crippen molar-refractivity contribution < 1.29 is 14.3 Å². The number of benzene rings is 1. The van der Waals surface area contributed by atoms with Gasteiger partial charge in [-0.15, -0.1) is 0 Å². The Balaban J connectivity index is 1.62. The lowest BCUT2D eigenvalue weighted by atomic mass is 9.99. The van der Waals surface area contributed by atoms with Crippen molar-refractivity contribution in [1.29, 1.82) is 0 Å². The largest absolute Gasteiger partial charge is 0.495 e. The summed E-state index contributed by atoms with van der Waals surface area (Å²) in [5.41, 5.74) is 0.686. The van der Waals surface area contributed by atoms with E-state index in [1.165, 1.54) is 12.8 Å². The van der Waals surface area contributed by atoms with E-state index >= 15 is 0 Å². The topological polar surface area (TPSA) is 65.1 Å². The third-order valence-electron chi connectivity index (χ3n) is 6.71. The van der Waals surface area contributed by atoms with Crippen LogP contribution in [0.3, 0.4) is 0 Å². The van der Waals surface area contributed by atoms with Gasteiger partial charge in [-0.2, -0.15) is 0 Å². The summed E-state index contributed by atoms with van der Waals surface area (Å²) in [5.74, 6) is 1.60. The molecule has 2 aliphatic rings. The monoisotopic (exact) mass is 430 g/mol. The van der Waals surface area contributed by atoms with Crippen LogP contribution in [0.1, 0.15) is 46.0 Å². The van der Waals surface area contributed by atoms with Gasteiger partial charge in [-0.25, -0.2) is 4.79 Å². The van der Waals surface area contributed by atoms with Crippen molar-refractivity contribution in [3.8, 4) is 5.75 Å². The number of nitrogens with one attached hydrogen (secondary N) is 1. The lowest BCUT2D eigenvalue weighted by Crippen LogP contribution is -2.50. The van der Waals surface area contributed by atoms with Gasteiger partial charge in [0.2, 0.25) is 5.91 Å². The number of amides is 3. The van der Waals surface area contributed by atoms with E-state index < -0.39 is 0 Å². The third kappa shape index (κ3) is 6.60. The molecular formula is C24H38N4O3. The van der Waals surface area contributed by atoms with Crippen LogP contribution in [0.4, 0.5) is 10.5 Å². The molecule has 1 aromatic rings. The minimum Gasteiger partial charge on any atom is -0.495 e. The highest BCUT2D eigenvalue weighted by atomic mass is 16.5. The fourth-order valence-electron chi connectivity index (χ4n) is 4.63. The minimum atomic E-state index is -0.0851. The SMILES string of the molecule is COc1ccccc1NC(=O)N(CCCN1CCC(C)CC1)C1CCN(C(C)=O)CC1. The first-order valence-electron chi connectivity index (χ1n) is 11.7. The van der Waals surface area contributed by atoms with E-state index in [4.69, 9.17) is 4.74 Å². The summed E-state index contributed by atoms with van der Waals surface area (Å²) in [4.78, 5) is 31.4. The molecule has 2 fully saturated rings. The lowest BCUT2D eigenvalue weighted by Gasteiger charge is -2.39. The number of ether oxygens (including phenoxy) is 1. The van der Waals surface area contributed by atoms with Gasteiger partial charge in [0.15, 0.2) is 0 Å². The second-order valence-electron chi connectivity index (χ2n) is 8.94. The van der Waals surface area contributed by atoms with Crippen molar-refractivity contribution in [3.63, 3.8) is 0 Å². The summed E-state index contributed by atoms with van der Waals surface area (Å²) >= 11 is 0. The number of para-hydroxylation sites is 2. The van der Waals surface area contributed by atoms with Crippen LogP contribution in [0.15, 0.2) is 24.3 Å². The number of methoxy groups -OCH3 is 1. The lowest BCUT2D eigenvalue weighted by molar-refractivity contribution is -0.130. The summed E-state index contributed by atoms with van der Waals surface area (Å²) in [6.45, 7) is 9.43. The number of urea groups is 1. The Labute approximate surface area is 186 Å². The molecule has 0 saturated carbocycles. The zero-order chi connectivity index (χ0) is 22.2. The first-order chi connectivity index (χ1) is 15.0. The van der Waals surface area contributed by atoms with Crippen molar-refractivity contribution >= 4 is 17.6 Å². The highest BCUT2D eigenvalue weighted by molar-refractivity contribution is 5.91. The number of carbonyl (C=O) groups excluding carboxylic acids is 2. The molecule has 0 radical (unpaired) electrons. The Bertz CT molecular complexity index is 725. The van der Waals surface area contributed by atoms with E-state index in [0.717, 1.165) is 51.4 Å². The van der Waals surface area contributed by atoms with E-state index in [1.54, 1.807) is 14.0 Å². The van der Waals surface area contributed by atoms with Crippen LogP contribution in [0.5, 0.6) is 5.75 Å². The molecule has 7 nitrogen and oxygen atoms in total. The maximum absolute atomic E-state index is 13.3. The normalized spacial score (nSPS) is 18.6. The van der Waals surface area contributed by atoms with E-state index in [2.05, 4.69) is 17.1 Å². The molecule has 3 amide bonds. The first kappa shape index (κ1) is 23.4. The van der Waals surface area contributed by atoms with E-state index in [9.17, 15) is 9.59 Å². The Kier molecular flexibility index (Phi) is 8.58. The Morgan fingerprint density at radius 1 is 1.10 bits per heavy atom. The van der Waals surface area contributed by atoms with Gasteiger partial charge in [-0.05, 0) is 69.8 Å². The number of carbonyl (C=O) groups is 2. The molecule has 0 spiro atoms. The molecule has 7 heteroatoms. The molecule has 0 aromatic heterocycles. The molecule has 0 bridgehead atoms. The van der Waals surface area contributed by atoms with Crippen LogP contribution in [-0.2, 0) is 4.79 Å². The molecule has 2 aliphatic heterocycles. The summed E-state index contributed by atoms with van der Waals surface area (Å²) in [5, 5.41) is 3.05. The molecule has 31 heavy (non-hydrogen) atoms. The fraction of sp³-hybridized carbons (Fsp3) is 0.667. The quantitative estimate of drug-likeness (QED) is 0.717. The smallest absolute Gasteiger partial charge is 0.322 e. The molecule has 1 aromatic carbocycles. The van der Waals surface area contributed by atoms with Crippen LogP contribution in [0.25, 0.3) is 0 Å². The van der Waals surface area contributed by atoms with Crippen LogP contribution in [0, 0.1) is 5.92 Å². The molecule has 0 unspecified atom stereocenters. The highest BCUT2D eigenvalue weighted by Gasteiger charge is 2.29. The number of piperidine rings is 2. The van der Waals surface area contributed by atoms with Crippen LogP contribution in [0.2, 0.25) is 0 Å². The second kappa shape index (κ2) is 11.4. The summed E-state index contributed by atoms with van der Waals surface area (Å²) < 4.78 is 5.40. The standard InChI is InChI=1S/C24H38N4O3/c1-19-9-15-26(16-10-19)13-6-14-28(21-11-17-27(18-12-21)20(2)29)24(30)25-22-7-4-5-8-23(22)31-3/h4-5,7-8,19,21H,6,9-18H2,1-3H3,(H,25,30). The zero-order valence-corrected chi connectivity index (χ0v) is 19.3. The predicted molar refractivity (Wildman–Crippen MR) is 123 cm³/mol. The number of rotatable bonds is 7. The van der Waals surface area contributed by atoms with E-state index in [-0.39, 0.29) is 18.0 Å². The average molecular weight is 431 g/mol. The molecule has 172 valence electrons. The minimum absolute atomic E-state index is 0.0851. The summed E-state index contributed by atoms with van der Waals surface area (Å²) in [7, 11) is 1.61. The van der Waals surface area contributed by atoms with Crippen molar-refractivity contribution in [2.45, 2.75) is 52.0 Å². The van der Waals surface area contributed by atoms with Gasteiger partial charge in [0, 0.05) is 32.6 Å². The third-order valence-corrected chi connectivity index (χ3v) is 6.71. The van der Waals surface area contributed by atoms with Crippen molar-refractivity contribution in [2.24, 2.45) is 5.92 Å². The molecule has 2 saturated heterocycles. The Hall–Kier alpha value is -2.28. The molecule has 0 aliphatic carbocycles. The summed E-state index contributed by atoms with van der Waals surface area (Å²) in [6, 6.07) is 7.56. The number of hydrogen-bond acceptors (Lipinski definition) is 4. The second-order valence-corrected chi connectivity index (χ2v) is 8.94. The fourth-order valence-corrected chi connectivity index (χ4v) is 4.63. The van der Waals surface area contributed by atoms with Gasteiger partial charge in [0.05, 0.1) is 12.8 Å². The Morgan fingerprint density at radius 2 is 1.77 bits per heavy atom. The van der Waals surface area contributed by atoms with Crippen molar-refractivity contribution in [2.75, 3.05) is 51.7 Å². The van der Waals surface area contributed by atoms with Crippen molar-refractivity contribution in [1.82, 2.24) is 14.7 Å². The maximum Gasteiger partial charge on any atom is 0.322 e. The van der Waals surface area contributed by atoms with Crippen LogP contribution >= 0.6 is 0 Å². The summed E-state index contributed by atoms with van der Waals surface area (Å²) in [6.07, 6.45) is 5.13. The van der Waals surface area contributed by atoms with Gasteiger partial charge in [-0.3, -0.25) is 4.79 Å². The number of hydrogen-bond donors (Lipinski definition) is 1. The zero-order valence-electron chi connectivity index (χ0n) is 19.3. The molecule has 1 N–H and O–H groups in total. The number of likely N-dealkylation sites (tertiary alicyclic amines) is 2. The van der Waals surface area contributed by atoms with Gasteiger partial charge in [0.25, 0.3) is 0 Å². The Morgan fingerprint density at radius 3 is 2.42 bits per heavy atom. The molecule has 2 heterocycles. The van der Waals surface area contributed by atoms with Crippen molar-refractivity contribution in [3.05, 3.63) is 24.3 Å². The van der Waals surface area contributed by atoms with Gasteiger partial charge in [-0.1, -0.05) is 19.1 Å². The van der Waals surface area contributed by atoms with Crippen LogP contribution in [-0.4, -0.2) is 79.1 Å². The maximum atomic E-state index is 13.3. The average Bonchev–Trinajstić information content (AvgIpc) is 2.78. The van der Waals surface area contributed by atoms with E-state index in [0.29, 0.717) is 24.5 Å². The van der Waals surface area contributed by atoms with Crippen LogP contribution < -0.4 is 10.1 Å². The number of nitrogens with zero attached hydrogens (tertiary/aromatic N) is 3. The number of anilines is 1. The first-order valence-corrected chi connectivity index (χ1v) is 11.7. The molecule has 0 atom stereocenters. The molecular weight excluding hydrogens is 392 g/mol. The van der Waals surface area contributed by atoms with Gasteiger partial charge >= 0.3 is 6.03 Å². The van der Waals surface area contributed by atoms with E-state index in [1.807, 2.05) is 34.1 Å². The molecule has 3 rings (SSSR count).